The molecule has 3 atom stereocenters. The first-order valence-corrected chi connectivity index (χ1v) is 9.46. The van der Waals surface area contributed by atoms with Gasteiger partial charge in [0.25, 0.3) is 0 Å². The molecule has 128 valence electrons. The summed E-state index contributed by atoms with van der Waals surface area (Å²) in [5.74, 6) is 0.534. The molecule has 1 aliphatic carbocycles. The zero-order valence-electron chi connectivity index (χ0n) is 14.0. The Morgan fingerprint density at radius 3 is 2.96 bits per heavy atom. The summed E-state index contributed by atoms with van der Waals surface area (Å²) >= 11 is 3.58. The Bertz CT molecular complexity index is 846. The van der Waals surface area contributed by atoms with Crippen molar-refractivity contribution in [3.8, 4) is 0 Å². The van der Waals surface area contributed by atoms with Gasteiger partial charge >= 0.3 is 5.97 Å². The number of carbonyl (C=O) groups excluding carboxylic acids is 1. The molecule has 4 rings (SSSR count). The molecule has 0 saturated heterocycles. The third kappa shape index (κ3) is 2.99. The van der Waals surface area contributed by atoms with Gasteiger partial charge in [-0.15, -0.1) is 0 Å². The zero-order valence-corrected chi connectivity index (χ0v) is 15.6. The van der Waals surface area contributed by atoms with Gasteiger partial charge in [-0.3, -0.25) is 0 Å². The molecule has 2 aromatic carbocycles. The van der Waals surface area contributed by atoms with Crippen molar-refractivity contribution in [1.82, 2.24) is 0 Å². The van der Waals surface area contributed by atoms with Crippen LogP contribution in [0.1, 0.15) is 46.8 Å². The van der Waals surface area contributed by atoms with Gasteiger partial charge in [-0.25, -0.2) is 4.79 Å². The lowest BCUT2D eigenvalue weighted by molar-refractivity contribution is 0.0526. The maximum atomic E-state index is 12.1. The van der Waals surface area contributed by atoms with Crippen molar-refractivity contribution in [3.63, 3.8) is 0 Å². The van der Waals surface area contributed by atoms with Crippen LogP contribution in [-0.4, -0.2) is 12.6 Å². The number of anilines is 1. The molecular weight excluding hydrogens is 378 g/mol. The van der Waals surface area contributed by atoms with E-state index in [0.717, 1.165) is 16.6 Å². The van der Waals surface area contributed by atoms with Gasteiger partial charge in [-0.1, -0.05) is 40.2 Å². The first-order chi connectivity index (χ1) is 12.2. The standard InChI is InChI=1S/C21H20BrNO2/c1-2-25-21(24)14-9-10-19-18(12-14)16-7-4-8-17(16)20(23-19)13-5-3-6-15(22)11-13/h3-7,9-12,16-17,20,23H,2,8H2,1H3/t16-,17+,20+/m1/s1. The van der Waals surface area contributed by atoms with Gasteiger partial charge < -0.3 is 10.1 Å². The fourth-order valence-corrected chi connectivity index (χ4v) is 4.38. The quantitative estimate of drug-likeness (QED) is 0.552. The van der Waals surface area contributed by atoms with E-state index in [4.69, 9.17) is 4.74 Å². The van der Waals surface area contributed by atoms with Gasteiger partial charge in [0.05, 0.1) is 18.2 Å². The molecule has 0 saturated carbocycles. The fraction of sp³-hybridized carbons (Fsp3) is 0.286. The highest BCUT2D eigenvalue weighted by Gasteiger charge is 2.38. The monoisotopic (exact) mass is 397 g/mol. The molecule has 0 unspecified atom stereocenters. The zero-order chi connectivity index (χ0) is 17.4. The molecule has 25 heavy (non-hydrogen) atoms. The molecule has 0 amide bonds. The van der Waals surface area contributed by atoms with E-state index in [1.54, 1.807) is 0 Å². The Labute approximate surface area is 156 Å². The number of nitrogens with one attached hydrogen (secondary N) is 1. The molecule has 2 aliphatic rings. The second kappa shape index (κ2) is 6.68. The van der Waals surface area contributed by atoms with Gasteiger partial charge in [0.15, 0.2) is 0 Å². The van der Waals surface area contributed by atoms with Gasteiger partial charge in [0.1, 0.15) is 0 Å². The van der Waals surface area contributed by atoms with Crippen LogP contribution in [0, 0.1) is 5.92 Å². The van der Waals surface area contributed by atoms with Crippen LogP contribution in [0.5, 0.6) is 0 Å². The molecule has 0 radical (unpaired) electrons. The second-order valence-corrected chi connectivity index (χ2v) is 7.47. The van der Waals surface area contributed by atoms with Crippen LogP contribution in [0.2, 0.25) is 0 Å². The van der Waals surface area contributed by atoms with E-state index >= 15 is 0 Å². The lowest BCUT2D eigenvalue weighted by Crippen LogP contribution is -2.29. The number of allylic oxidation sites excluding steroid dienone is 2. The SMILES string of the molecule is CCOC(=O)c1ccc2c(c1)[C@@H]1C=CC[C@@H]1[C@H](c1cccc(Br)c1)N2. The van der Waals surface area contributed by atoms with E-state index in [1.807, 2.05) is 25.1 Å². The van der Waals surface area contributed by atoms with Crippen molar-refractivity contribution < 1.29 is 9.53 Å². The number of benzene rings is 2. The molecule has 0 spiro atoms. The normalized spacial score (nSPS) is 23.5. The fourth-order valence-electron chi connectivity index (χ4n) is 3.97. The topological polar surface area (TPSA) is 38.3 Å². The molecular formula is C21H20BrNO2. The molecule has 3 nitrogen and oxygen atoms in total. The molecule has 2 aromatic rings. The van der Waals surface area contributed by atoms with Crippen molar-refractivity contribution >= 4 is 27.6 Å². The second-order valence-electron chi connectivity index (χ2n) is 6.55. The third-order valence-electron chi connectivity index (χ3n) is 5.08. The van der Waals surface area contributed by atoms with Crippen LogP contribution in [-0.2, 0) is 4.74 Å². The molecule has 0 aromatic heterocycles. The highest BCUT2D eigenvalue weighted by molar-refractivity contribution is 9.10. The smallest absolute Gasteiger partial charge is 0.338 e. The van der Waals surface area contributed by atoms with E-state index in [1.165, 1.54) is 11.1 Å². The Balaban J connectivity index is 1.72. The summed E-state index contributed by atoms with van der Waals surface area (Å²) in [6.07, 6.45) is 5.58. The van der Waals surface area contributed by atoms with Gasteiger partial charge in [-0.2, -0.15) is 0 Å². The summed E-state index contributed by atoms with van der Waals surface area (Å²) in [7, 11) is 0. The number of esters is 1. The molecule has 0 fully saturated rings. The van der Waals surface area contributed by atoms with Crippen LogP contribution in [0.4, 0.5) is 5.69 Å². The molecule has 1 heterocycles. The van der Waals surface area contributed by atoms with Gasteiger partial charge in [0, 0.05) is 16.1 Å². The van der Waals surface area contributed by atoms with Crippen LogP contribution < -0.4 is 5.32 Å². The van der Waals surface area contributed by atoms with Crippen LogP contribution >= 0.6 is 15.9 Å². The minimum atomic E-state index is -0.252. The lowest BCUT2D eigenvalue weighted by atomic mass is 9.76. The lowest BCUT2D eigenvalue weighted by Gasteiger charge is -2.37. The number of ether oxygens (including phenoxy) is 1. The minimum Gasteiger partial charge on any atom is -0.462 e. The van der Waals surface area contributed by atoms with E-state index in [2.05, 4.69) is 57.7 Å². The van der Waals surface area contributed by atoms with Crippen molar-refractivity contribution in [2.75, 3.05) is 11.9 Å². The maximum absolute atomic E-state index is 12.1. The molecule has 0 bridgehead atoms. The van der Waals surface area contributed by atoms with Crippen molar-refractivity contribution in [3.05, 3.63) is 75.8 Å². The molecule has 1 aliphatic heterocycles. The molecule has 4 heteroatoms. The summed E-state index contributed by atoms with van der Waals surface area (Å²) in [6, 6.07) is 14.6. The van der Waals surface area contributed by atoms with E-state index in [9.17, 15) is 4.79 Å². The molecule has 1 N–H and O–H groups in total. The first-order valence-electron chi connectivity index (χ1n) is 8.67. The number of hydrogen-bond donors (Lipinski definition) is 1. The van der Waals surface area contributed by atoms with Crippen molar-refractivity contribution in [1.29, 1.82) is 0 Å². The summed E-state index contributed by atoms with van der Waals surface area (Å²) in [6.45, 7) is 2.22. The predicted molar refractivity (Wildman–Crippen MR) is 103 cm³/mol. The Hall–Kier alpha value is -2.07. The Morgan fingerprint density at radius 1 is 1.28 bits per heavy atom. The van der Waals surface area contributed by atoms with Crippen molar-refractivity contribution in [2.45, 2.75) is 25.3 Å². The first kappa shape index (κ1) is 16.4. The predicted octanol–water partition coefficient (Wildman–Crippen LogP) is 5.45. The van der Waals surface area contributed by atoms with Crippen LogP contribution in [0.15, 0.2) is 59.1 Å². The van der Waals surface area contributed by atoms with Gasteiger partial charge in [-0.05, 0) is 60.7 Å². The minimum absolute atomic E-state index is 0.252. The average molecular weight is 398 g/mol. The number of carbonyl (C=O) groups is 1. The summed E-state index contributed by atoms with van der Waals surface area (Å²) in [4.78, 5) is 12.1. The number of hydrogen-bond acceptors (Lipinski definition) is 3. The van der Waals surface area contributed by atoms with Crippen molar-refractivity contribution in [2.24, 2.45) is 5.92 Å². The Kier molecular flexibility index (Phi) is 4.38. The summed E-state index contributed by atoms with van der Waals surface area (Å²) in [5.41, 5.74) is 4.21. The number of fused-ring (bicyclic) bond motifs is 3. The number of rotatable bonds is 3. The summed E-state index contributed by atoms with van der Waals surface area (Å²) < 4.78 is 6.25. The van der Waals surface area contributed by atoms with E-state index in [0.29, 0.717) is 24.0 Å². The largest absolute Gasteiger partial charge is 0.462 e. The average Bonchev–Trinajstić information content (AvgIpc) is 3.11. The van der Waals surface area contributed by atoms with Gasteiger partial charge in [0.2, 0.25) is 0 Å². The van der Waals surface area contributed by atoms with E-state index in [-0.39, 0.29) is 12.0 Å². The highest BCUT2D eigenvalue weighted by atomic mass is 79.9. The summed E-state index contributed by atoms with van der Waals surface area (Å²) in [5, 5.41) is 3.70. The number of halogens is 1. The highest BCUT2D eigenvalue weighted by Crippen LogP contribution is 2.50. The van der Waals surface area contributed by atoms with Crippen LogP contribution in [0.3, 0.4) is 0 Å². The van der Waals surface area contributed by atoms with E-state index < -0.39 is 0 Å². The maximum Gasteiger partial charge on any atom is 0.338 e. The third-order valence-corrected chi connectivity index (χ3v) is 5.57. The van der Waals surface area contributed by atoms with Crippen LogP contribution in [0.25, 0.3) is 0 Å². The Morgan fingerprint density at radius 2 is 2.16 bits per heavy atom.